The zero-order valence-corrected chi connectivity index (χ0v) is 11.8. The van der Waals surface area contributed by atoms with Crippen molar-refractivity contribution in [1.82, 2.24) is 5.32 Å². The maximum atomic E-state index is 9.68. The number of aliphatic hydroxyl groups excluding tert-OH is 4. The van der Waals surface area contributed by atoms with E-state index in [-0.39, 0.29) is 32.0 Å². The molecule has 0 rings (SSSR count). The molecule has 0 heterocycles. The summed E-state index contributed by atoms with van der Waals surface area (Å²) in [6.45, 7) is 4.67. The van der Waals surface area contributed by atoms with Crippen LogP contribution in [0, 0.1) is 0 Å². The van der Waals surface area contributed by atoms with Crippen LogP contribution in [0.5, 0.6) is 0 Å². The zero-order valence-electron chi connectivity index (χ0n) is 11.8. The second-order valence-corrected chi connectivity index (χ2v) is 4.62. The molecule has 0 saturated heterocycles. The van der Waals surface area contributed by atoms with Crippen LogP contribution in [-0.2, 0) is 9.47 Å². The van der Waals surface area contributed by atoms with Crippen LogP contribution in [0.1, 0.15) is 20.8 Å². The van der Waals surface area contributed by atoms with E-state index < -0.39 is 25.0 Å². The van der Waals surface area contributed by atoms with Gasteiger partial charge in [-0.25, -0.2) is 0 Å². The van der Waals surface area contributed by atoms with Gasteiger partial charge in [-0.05, 0) is 20.8 Å². The average Bonchev–Trinajstić information content (AvgIpc) is 2.41. The standard InChI is InChI=1S/C12H27NO6/c1-8(4-14)18-7-11(12(17)6-16)13-10(3)19-9(2)5-15/h8-17H,4-7H2,1-3H3. The first-order valence-electron chi connectivity index (χ1n) is 6.48. The molecule has 0 amide bonds. The molecule has 0 bridgehead atoms. The van der Waals surface area contributed by atoms with Gasteiger partial charge in [0.15, 0.2) is 0 Å². The molecule has 0 radical (unpaired) electrons. The van der Waals surface area contributed by atoms with Crippen molar-refractivity contribution < 1.29 is 29.9 Å². The molecule has 7 heteroatoms. The molecular formula is C12H27NO6. The highest BCUT2D eigenvalue weighted by atomic mass is 16.5. The molecule has 0 aromatic heterocycles. The van der Waals surface area contributed by atoms with Gasteiger partial charge in [-0.2, -0.15) is 0 Å². The fraction of sp³-hybridized carbons (Fsp3) is 1.00. The van der Waals surface area contributed by atoms with Gasteiger partial charge in [0.25, 0.3) is 0 Å². The summed E-state index contributed by atoms with van der Waals surface area (Å²) in [6.07, 6.45) is -2.09. The van der Waals surface area contributed by atoms with E-state index in [0.29, 0.717) is 0 Å². The number of aliphatic hydroxyl groups is 4. The van der Waals surface area contributed by atoms with Crippen molar-refractivity contribution >= 4 is 0 Å². The van der Waals surface area contributed by atoms with Crippen LogP contribution in [0.25, 0.3) is 0 Å². The number of rotatable bonds is 11. The van der Waals surface area contributed by atoms with Crippen LogP contribution in [0.3, 0.4) is 0 Å². The Balaban J connectivity index is 4.26. The summed E-state index contributed by atoms with van der Waals surface area (Å²) in [4.78, 5) is 0. The van der Waals surface area contributed by atoms with Gasteiger partial charge in [0, 0.05) is 0 Å². The molecule has 0 saturated carbocycles. The Morgan fingerprint density at radius 3 is 2.00 bits per heavy atom. The lowest BCUT2D eigenvalue weighted by atomic mass is 10.2. The normalized spacial score (nSPS) is 19.7. The topological polar surface area (TPSA) is 111 Å². The summed E-state index contributed by atoms with van der Waals surface area (Å²) < 4.78 is 10.7. The van der Waals surface area contributed by atoms with Gasteiger partial charge in [0.2, 0.25) is 0 Å². The highest BCUT2D eigenvalue weighted by molar-refractivity contribution is 4.76. The van der Waals surface area contributed by atoms with Gasteiger partial charge in [-0.1, -0.05) is 0 Å². The lowest BCUT2D eigenvalue weighted by molar-refractivity contribution is -0.0707. The average molecular weight is 281 g/mol. The van der Waals surface area contributed by atoms with Gasteiger partial charge in [-0.3, -0.25) is 5.32 Å². The number of hydrogen-bond donors (Lipinski definition) is 5. The van der Waals surface area contributed by atoms with Crippen molar-refractivity contribution in [3.05, 3.63) is 0 Å². The van der Waals surface area contributed by atoms with Gasteiger partial charge in [0.1, 0.15) is 6.23 Å². The van der Waals surface area contributed by atoms with Crippen molar-refractivity contribution in [2.45, 2.75) is 51.4 Å². The van der Waals surface area contributed by atoms with E-state index in [2.05, 4.69) is 5.32 Å². The van der Waals surface area contributed by atoms with Crippen LogP contribution >= 0.6 is 0 Å². The Labute approximate surface area is 114 Å². The predicted octanol–water partition coefficient (Wildman–Crippen LogP) is -1.56. The van der Waals surface area contributed by atoms with Gasteiger partial charge >= 0.3 is 0 Å². The van der Waals surface area contributed by atoms with Crippen LogP contribution in [0.2, 0.25) is 0 Å². The fourth-order valence-corrected chi connectivity index (χ4v) is 1.45. The van der Waals surface area contributed by atoms with Gasteiger partial charge in [-0.15, -0.1) is 0 Å². The summed E-state index contributed by atoms with van der Waals surface area (Å²) in [6, 6.07) is -0.528. The Bertz CT molecular complexity index is 218. The van der Waals surface area contributed by atoms with Crippen LogP contribution in [-0.4, -0.2) is 77.4 Å². The Morgan fingerprint density at radius 1 is 0.947 bits per heavy atom. The van der Waals surface area contributed by atoms with E-state index in [1.54, 1.807) is 20.8 Å². The van der Waals surface area contributed by atoms with E-state index in [9.17, 15) is 5.11 Å². The number of ether oxygens (including phenoxy) is 2. The molecule has 5 unspecified atom stereocenters. The highest BCUT2D eigenvalue weighted by Gasteiger charge is 2.22. The molecule has 116 valence electrons. The van der Waals surface area contributed by atoms with E-state index in [0.717, 1.165) is 0 Å². The van der Waals surface area contributed by atoms with Crippen molar-refractivity contribution in [2.75, 3.05) is 26.4 Å². The second kappa shape index (κ2) is 10.5. The van der Waals surface area contributed by atoms with Crippen molar-refractivity contribution in [2.24, 2.45) is 0 Å². The lowest BCUT2D eigenvalue weighted by Crippen LogP contribution is -2.50. The zero-order chi connectivity index (χ0) is 14.8. The monoisotopic (exact) mass is 281 g/mol. The molecule has 19 heavy (non-hydrogen) atoms. The summed E-state index contributed by atoms with van der Waals surface area (Å²) in [5, 5.41) is 39.4. The van der Waals surface area contributed by atoms with Crippen LogP contribution in [0.4, 0.5) is 0 Å². The lowest BCUT2D eigenvalue weighted by Gasteiger charge is -2.28. The second-order valence-electron chi connectivity index (χ2n) is 4.62. The van der Waals surface area contributed by atoms with Crippen molar-refractivity contribution in [1.29, 1.82) is 0 Å². The smallest absolute Gasteiger partial charge is 0.106 e. The molecule has 0 aromatic carbocycles. The first-order chi connectivity index (χ1) is 8.94. The maximum absolute atomic E-state index is 9.68. The third kappa shape index (κ3) is 8.48. The largest absolute Gasteiger partial charge is 0.394 e. The van der Waals surface area contributed by atoms with Crippen molar-refractivity contribution in [3.8, 4) is 0 Å². The minimum Gasteiger partial charge on any atom is -0.394 e. The molecule has 5 N–H and O–H groups in total. The van der Waals surface area contributed by atoms with Crippen LogP contribution < -0.4 is 5.32 Å². The summed E-state index contributed by atoms with van der Waals surface area (Å²) in [7, 11) is 0. The molecular weight excluding hydrogens is 254 g/mol. The SMILES string of the molecule is CC(CO)OCC(NC(C)OC(C)CO)C(O)CO. The molecule has 5 atom stereocenters. The molecule has 0 aliphatic heterocycles. The number of nitrogens with one attached hydrogen (secondary N) is 1. The van der Waals surface area contributed by atoms with Gasteiger partial charge in [0.05, 0.1) is 50.8 Å². The Hall–Kier alpha value is -0.280. The minimum atomic E-state index is -0.999. The summed E-state index contributed by atoms with van der Waals surface area (Å²) in [5.41, 5.74) is 0. The summed E-state index contributed by atoms with van der Waals surface area (Å²) in [5.74, 6) is 0. The third-order valence-electron chi connectivity index (χ3n) is 2.61. The van der Waals surface area contributed by atoms with E-state index in [1.807, 2.05) is 0 Å². The molecule has 0 aliphatic rings. The predicted molar refractivity (Wildman–Crippen MR) is 69.6 cm³/mol. The van der Waals surface area contributed by atoms with Crippen molar-refractivity contribution in [3.63, 3.8) is 0 Å². The van der Waals surface area contributed by atoms with Crippen LogP contribution in [0.15, 0.2) is 0 Å². The molecule has 0 aliphatic carbocycles. The maximum Gasteiger partial charge on any atom is 0.106 e. The summed E-state index contributed by atoms with van der Waals surface area (Å²) >= 11 is 0. The molecule has 0 spiro atoms. The minimum absolute atomic E-state index is 0.0999. The van der Waals surface area contributed by atoms with E-state index in [1.165, 1.54) is 0 Å². The number of hydrogen-bond acceptors (Lipinski definition) is 7. The first-order valence-corrected chi connectivity index (χ1v) is 6.48. The first kappa shape index (κ1) is 18.7. The van der Waals surface area contributed by atoms with Gasteiger partial charge < -0.3 is 29.9 Å². The Morgan fingerprint density at radius 2 is 1.53 bits per heavy atom. The molecule has 0 fully saturated rings. The molecule has 0 aromatic rings. The Kier molecular flexibility index (Phi) is 10.3. The highest BCUT2D eigenvalue weighted by Crippen LogP contribution is 2.02. The molecule has 7 nitrogen and oxygen atoms in total. The third-order valence-corrected chi connectivity index (χ3v) is 2.61. The van der Waals surface area contributed by atoms with E-state index >= 15 is 0 Å². The van der Waals surface area contributed by atoms with E-state index in [4.69, 9.17) is 24.8 Å². The fourth-order valence-electron chi connectivity index (χ4n) is 1.45. The quantitative estimate of drug-likeness (QED) is 0.291.